The van der Waals surface area contributed by atoms with Gasteiger partial charge < -0.3 is 4.90 Å². The topological polar surface area (TPSA) is 40.6 Å². The molecule has 0 radical (unpaired) electrons. The van der Waals surface area contributed by atoms with Crippen molar-refractivity contribution in [3.63, 3.8) is 0 Å². The molecule has 0 aromatic carbocycles. The third-order valence-corrected chi connectivity index (χ3v) is 4.63. The van der Waals surface area contributed by atoms with Gasteiger partial charge >= 0.3 is 0 Å². The van der Waals surface area contributed by atoms with E-state index in [9.17, 15) is 9.59 Å². The van der Waals surface area contributed by atoms with Crippen molar-refractivity contribution in [3.05, 3.63) is 0 Å². The van der Waals surface area contributed by atoms with Gasteiger partial charge in [0.1, 0.15) is 0 Å². The largest absolute Gasteiger partial charge is 0.302 e. The summed E-state index contributed by atoms with van der Waals surface area (Å²) in [5.74, 6) is 0.598. The van der Waals surface area contributed by atoms with E-state index in [1.54, 1.807) is 0 Å². The molecule has 0 saturated carbocycles. The van der Waals surface area contributed by atoms with Crippen LogP contribution in [0.3, 0.4) is 0 Å². The van der Waals surface area contributed by atoms with Crippen molar-refractivity contribution in [2.45, 2.75) is 26.2 Å². The van der Waals surface area contributed by atoms with Gasteiger partial charge in [0.05, 0.1) is 5.41 Å². The molecule has 2 bridgehead atoms. The van der Waals surface area contributed by atoms with Gasteiger partial charge in [-0.1, -0.05) is 0 Å². The number of hydrogen-bond donors (Lipinski definition) is 0. The molecule has 4 aliphatic heterocycles. The van der Waals surface area contributed by atoms with Crippen molar-refractivity contribution < 1.29 is 9.59 Å². The average molecular weight is 222 g/mol. The first-order valence-electron chi connectivity index (χ1n) is 6.24. The lowest BCUT2D eigenvalue weighted by atomic mass is 9.65. The Morgan fingerprint density at radius 2 is 2.00 bits per heavy atom. The van der Waals surface area contributed by atoms with Crippen LogP contribution in [0.4, 0.5) is 0 Å². The van der Waals surface area contributed by atoms with E-state index in [0.717, 1.165) is 32.5 Å². The molecule has 88 valence electrons. The molecule has 4 heterocycles. The maximum atomic E-state index is 12.4. The smallest absolute Gasteiger partial charge is 0.237 e. The van der Waals surface area contributed by atoms with Crippen LogP contribution in [-0.4, -0.2) is 47.8 Å². The number of hydrogen-bond acceptors (Lipinski definition) is 3. The van der Waals surface area contributed by atoms with Gasteiger partial charge in [-0.2, -0.15) is 0 Å². The molecular weight excluding hydrogens is 204 g/mol. The normalized spacial score (nSPS) is 42.4. The highest BCUT2D eigenvalue weighted by Crippen LogP contribution is 2.49. The van der Waals surface area contributed by atoms with E-state index in [-0.39, 0.29) is 17.2 Å². The molecule has 4 rings (SSSR count). The van der Waals surface area contributed by atoms with Crippen molar-refractivity contribution in [1.29, 1.82) is 0 Å². The summed E-state index contributed by atoms with van der Waals surface area (Å²) in [5.41, 5.74) is -0.344. The molecule has 4 aliphatic rings. The summed E-state index contributed by atoms with van der Waals surface area (Å²) in [4.78, 5) is 28.1. The van der Waals surface area contributed by atoms with Crippen molar-refractivity contribution >= 4 is 11.8 Å². The van der Waals surface area contributed by atoms with Crippen molar-refractivity contribution in [2.75, 3.05) is 26.2 Å². The number of nitrogens with zero attached hydrogens (tertiary/aromatic N) is 2. The monoisotopic (exact) mass is 222 g/mol. The second-order valence-electron chi connectivity index (χ2n) is 5.33. The van der Waals surface area contributed by atoms with E-state index >= 15 is 0 Å². The molecular formula is C12H18N2O2. The minimum absolute atomic E-state index is 0.0428. The molecule has 1 spiro atoms. The summed E-state index contributed by atoms with van der Waals surface area (Å²) in [6.07, 6.45) is 2.65. The highest BCUT2D eigenvalue weighted by Gasteiger charge is 2.58. The van der Waals surface area contributed by atoms with Gasteiger partial charge in [0, 0.05) is 19.5 Å². The molecule has 4 nitrogen and oxygen atoms in total. The predicted octanol–water partition coefficient (Wildman–Crippen LogP) is 0.477. The summed E-state index contributed by atoms with van der Waals surface area (Å²) >= 11 is 0. The highest BCUT2D eigenvalue weighted by molar-refractivity contribution is 6.06. The Morgan fingerprint density at radius 3 is 2.44 bits per heavy atom. The lowest BCUT2D eigenvalue weighted by molar-refractivity contribution is -0.147. The van der Waals surface area contributed by atoms with Gasteiger partial charge in [-0.3, -0.25) is 14.5 Å². The van der Waals surface area contributed by atoms with Crippen molar-refractivity contribution in [3.8, 4) is 0 Å². The number of imide groups is 1. The van der Waals surface area contributed by atoms with E-state index in [2.05, 4.69) is 4.90 Å². The molecule has 4 saturated heterocycles. The molecule has 0 unspecified atom stereocenters. The molecule has 0 aliphatic carbocycles. The van der Waals surface area contributed by atoms with Crippen molar-refractivity contribution in [2.24, 2.45) is 11.3 Å². The Balaban J connectivity index is 1.95. The zero-order chi connectivity index (χ0) is 11.3. The predicted molar refractivity (Wildman–Crippen MR) is 58.6 cm³/mol. The van der Waals surface area contributed by atoms with E-state index in [1.165, 1.54) is 4.90 Å². The first kappa shape index (κ1) is 10.3. The Labute approximate surface area is 95.6 Å². The first-order chi connectivity index (χ1) is 7.67. The van der Waals surface area contributed by atoms with E-state index in [4.69, 9.17) is 0 Å². The lowest BCUT2D eigenvalue weighted by Gasteiger charge is -2.49. The minimum Gasteiger partial charge on any atom is -0.302 e. The Hall–Kier alpha value is -0.900. The van der Waals surface area contributed by atoms with Crippen LogP contribution in [0, 0.1) is 11.3 Å². The van der Waals surface area contributed by atoms with Gasteiger partial charge in [0.2, 0.25) is 11.8 Å². The molecule has 2 amide bonds. The second-order valence-corrected chi connectivity index (χ2v) is 5.33. The number of piperidine rings is 3. The van der Waals surface area contributed by atoms with Crippen LogP contribution in [0.5, 0.6) is 0 Å². The summed E-state index contributed by atoms with van der Waals surface area (Å²) < 4.78 is 0. The first-order valence-corrected chi connectivity index (χ1v) is 6.24. The van der Waals surface area contributed by atoms with Crippen LogP contribution in [0.15, 0.2) is 0 Å². The van der Waals surface area contributed by atoms with Crippen LogP contribution >= 0.6 is 0 Å². The SMILES string of the molecule is CCN1C(=O)C[C@@]2(CN3CCC2CC3)C1=O. The molecule has 0 aromatic heterocycles. The fraction of sp³-hybridized carbons (Fsp3) is 0.833. The minimum atomic E-state index is -0.344. The number of likely N-dealkylation sites (tertiary alicyclic amines) is 1. The second kappa shape index (κ2) is 3.29. The van der Waals surface area contributed by atoms with Gasteiger partial charge in [0.25, 0.3) is 0 Å². The summed E-state index contributed by atoms with van der Waals surface area (Å²) in [7, 11) is 0. The number of carbonyl (C=O) groups is 2. The zero-order valence-corrected chi connectivity index (χ0v) is 9.74. The Bertz CT molecular complexity index is 347. The Morgan fingerprint density at radius 1 is 1.31 bits per heavy atom. The molecule has 4 heteroatoms. The van der Waals surface area contributed by atoms with Crippen LogP contribution in [-0.2, 0) is 9.59 Å². The lowest BCUT2D eigenvalue weighted by Crippen LogP contribution is -2.57. The third-order valence-electron chi connectivity index (χ3n) is 4.63. The fourth-order valence-electron chi connectivity index (χ4n) is 3.76. The maximum absolute atomic E-state index is 12.4. The average Bonchev–Trinajstić information content (AvgIpc) is 2.52. The van der Waals surface area contributed by atoms with Crippen LogP contribution in [0.2, 0.25) is 0 Å². The maximum Gasteiger partial charge on any atom is 0.237 e. The van der Waals surface area contributed by atoms with E-state index in [1.807, 2.05) is 6.92 Å². The molecule has 0 aromatic rings. The van der Waals surface area contributed by atoms with E-state index < -0.39 is 0 Å². The number of amides is 2. The molecule has 16 heavy (non-hydrogen) atoms. The Kier molecular flexibility index (Phi) is 2.11. The van der Waals surface area contributed by atoms with Crippen LogP contribution in [0.25, 0.3) is 0 Å². The van der Waals surface area contributed by atoms with E-state index in [0.29, 0.717) is 18.9 Å². The van der Waals surface area contributed by atoms with Gasteiger partial charge in [-0.25, -0.2) is 0 Å². The standard InChI is InChI=1S/C12H18N2O2/c1-2-14-10(15)7-12(11(14)16)8-13-5-3-9(12)4-6-13/h9H,2-8H2,1H3/t12-/m0/s1. The zero-order valence-electron chi connectivity index (χ0n) is 9.74. The molecule has 0 N–H and O–H groups in total. The molecule has 4 fully saturated rings. The summed E-state index contributed by atoms with van der Waals surface area (Å²) in [6, 6.07) is 0. The van der Waals surface area contributed by atoms with Crippen LogP contribution < -0.4 is 0 Å². The quantitative estimate of drug-likeness (QED) is 0.606. The summed E-state index contributed by atoms with van der Waals surface area (Å²) in [5, 5.41) is 0. The number of rotatable bonds is 1. The van der Waals surface area contributed by atoms with Crippen LogP contribution in [0.1, 0.15) is 26.2 Å². The van der Waals surface area contributed by atoms with Gasteiger partial charge in [-0.05, 0) is 38.8 Å². The number of carbonyl (C=O) groups excluding carboxylic acids is 2. The highest BCUT2D eigenvalue weighted by atomic mass is 16.2. The number of fused-ring (bicyclic) bond motifs is 2. The summed E-state index contributed by atoms with van der Waals surface area (Å²) in [6.45, 7) is 5.46. The van der Waals surface area contributed by atoms with Gasteiger partial charge in [-0.15, -0.1) is 0 Å². The van der Waals surface area contributed by atoms with Crippen molar-refractivity contribution in [1.82, 2.24) is 9.80 Å². The fourth-order valence-corrected chi connectivity index (χ4v) is 3.76. The molecule has 1 atom stereocenters. The van der Waals surface area contributed by atoms with Gasteiger partial charge in [0.15, 0.2) is 0 Å². The third kappa shape index (κ3) is 1.14.